The van der Waals surface area contributed by atoms with Gasteiger partial charge in [0.15, 0.2) is 0 Å². The van der Waals surface area contributed by atoms with Crippen molar-refractivity contribution < 1.29 is 26.7 Å². The van der Waals surface area contributed by atoms with Crippen molar-refractivity contribution in [3.05, 3.63) is 52.3 Å². The second-order valence-electron chi connectivity index (χ2n) is 6.91. The number of halogens is 3. The molecule has 0 bridgehead atoms. The molecule has 1 aliphatic rings. The van der Waals surface area contributed by atoms with Crippen molar-refractivity contribution in [1.82, 2.24) is 4.98 Å². The van der Waals surface area contributed by atoms with Gasteiger partial charge in [0.1, 0.15) is 12.7 Å². The molecule has 27 heavy (non-hydrogen) atoms. The Labute approximate surface area is 181 Å². The van der Waals surface area contributed by atoms with Crippen molar-refractivity contribution in [2.24, 2.45) is 0 Å². The van der Waals surface area contributed by atoms with Gasteiger partial charge in [-0.05, 0) is 18.6 Å². The Balaban J connectivity index is 0.00000261. The third-order valence-electron chi connectivity index (χ3n) is 4.99. The Kier molecular flexibility index (Phi) is 8.35. The summed E-state index contributed by atoms with van der Waals surface area (Å²) < 4.78 is 1.99. The van der Waals surface area contributed by atoms with E-state index in [4.69, 9.17) is 23.2 Å². The molecule has 1 aromatic heterocycles. The van der Waals surface area contributed by atoms with Gasteiger partial charge in [-0.1, -0.05) is 73.3 Å². The standard InChI is InChI=1S/C20H26Cl2N3O.BrH/c1-2-3-4-5-6-7-13-25-19-23-11-8-12-24(19)15-20(25,26)16-9-10-17(21)18(22)14-16;/h8-12,14,26H,2-7,13,15H2,1H3;1H/q+1;/p-1. The highest BCUT2D eigenvalue weighted by Gasteiger charge is 2.51. The van der Waals surface area contributed by atoms with Gasteiger partial charge in [0.2, 0.25) is 5.72 Å². The molecule has 1 atom stereocenters. The van der Waals surface area contributed by atoms with Crippen LogP contribution >= 0.6 is 23.2 Å². The molecule has 2 aromatic rings. The zero-order chi connectivity index (χ0) is 18.6. The smallest absolute Gasteiger partial charge is 0.396 e. The van der Waals surface area contributed by atoms with Gasteiger partial charge in [-0.2, -0.15) is 0 Å². The molecule has 7 heteroatoms. The molecular formula is C20H26BrCl2N3O. The predicted molar refractivity (Wildman–Crippen MR) is 106 cm³/mol. The highest BCUT2D eigenvalue weighted by atomic mass is 79.9. The van der Waals surface area contributed by atoms with E-state index in [9.17, 15) is 5.11 Å². The summed E-state index contributed by atoms with van der Waals surface area (Å²) in [7, 11) is 0. The summed E-state index contributed by atoms with van der Waals surface area (Å²) in [4.78, 5) is 6.49. The molecule has 148 valence electrons. The highest BCUT2D eigenvalue weighted by molar-refractivity contribution is 6.42. The lowest BCUT2D eigenvalue weighted by Crippen LogP contribution is -3.00. The Hall–Kier alpha value is -0.880. The number of hydrogen-bond acceptors (Lipinski definition) is 3. The zero-order valence-corrected chi connectivity index (χ0v) is 18.6. The largest absolute Gasteiger partial charge is 1.00 e. The number of unbranched alkanes of at least 4 members (excludes halogenated alkanes) is 5. The van der Waals surface area contributed by atoms with Crippen LogP contribution in [0.3, 0.4) is 0 Å². The molecule has 1 unspecified atom stereocenters. The average molecular weight is 475 g/mol. The highest BCUT2D eigenvalue weighted by Crippen LogP contribution is 2.36. The summed E-state index contributed by atoms with van der Waals surface area (Å²) in [5.41, 5.74) is -0.428. The van der Waals surface area contributed by atoms with E-state index < -0.39 is 5.72 Å². The molecule has 0 saturated heterocycles. The van der Waals surface area contributed by atoms with Crippen LogP contribution in [0.2, 0.25) is 10.0 Å². The van der Waals surface area contributed by atoms with E-state index in [1.807, 2.05) is 27.8 Å². The van der Waals surface area contributed by atoms with Gasteiger partial charge < -0.3 is 22.1 Å². The summed E-state index contributed by atoms with van der Waals surface area (Å²) in [5.74, 6) is 0.787. The van der Waals surface area contributed by atoms with Gasteiger partial charge in [-0.25, -0.2) is 9.47 Å². The van der Waals surface area contributed by atoms with Crippen molar-refractivity contribution in [2.45, 2.75) is 57.7 Å². The fourth-order valence-corrected chi connectivity index (χ4v) is 3.85. The van der Waals surface area contributed by atoms with Crippen molar-refractivity contribution in [2.75, 3.05) is 11.4 Å². The SMILES string of the molecule is CCCCCCCCN1c2nccc[n+]2CC1(O)c1ccc(Cl)c(Cl)c1.[Br-]. The summed E-state index contributed by atoms with van der Waals surface area (Å²) >= 11 is 12.3. The third-order valence-corrected chi connectivity index (χ3v) is 5.73. The van der Waals surface area contributed by atoms with E-state index in [1.165, 1.54) is 25.7 Å². The lowest BCUT2D eigenvalue weighted by Gasteiger charge is -2.28. The van der Waals surface area contributed by atoms with Crippen LogP contribution in [-0.4, -0.2) is 16.6 Å². The van der Waals surface area contributed by atoms with Gasteiger partial charge in [0, 0.05) is 11.6 Å². The van der Waals surface area contributed by atoms with Crippen LogP contribution in [0.15, 0.2) is 36.7 Å². The quantitative estimate of drug-likeness (QED) is 0.467. The third kappa shape index (κ3) is 4.94. The molecule has 0 aliphatic carbocycles. The summed E-state index contributed by atoms with van der Waals surface area (Å²) in [5, 5.41) is 12.5. The Morgan fingerprint density at radius 1 is 1.15 bits per heavy atom. The van der Waals surface area contributed by atoms with Gasteiger partial charge in [0.05, 0.1) is 22.8 Å². The molecule has 4 nitrogen and oxygen atoms in total. The fourth-order valence-electron chi connectivity index (χ4n) is 3.56. The van der Waals surface area contributed by atoms with Gasteiger partial charge in [-0.3, -0.25) is 0 Å². The first-order chi connectivity index (χ1) is 12.6. The van der Waals surface area contributed by atoms with E-state index in [0.29, 0.717) is 16.6 Å². The van der Waals surface area contributed by atoms with E-state index in [2.05, 4.69) is 11.9 Å². The van der Waals surface area contributed by atoms with Crippen LogP contribution in [0.1, 0.15) is 51.0 Å². The number of aromatic nitrogens is 2. The Bertz CT molecular complexity index is 762. The van der Waals surface area contributed by atoms with Crippen molar-refractivity contribution >= 4 is 29.2 Å². The maximum Gasteiger partial charge on any atom is 0.396 e. The van der Waals surface area contributed by atoms with E-state index in [-0.39, 0.29) is 17.0 Å². The number of aliphatic hydroxyl groups is 1. The number of benzene rings is 1. The molecular weight excluding hydrogens is 449 g/mol. The van der Waals surface area contributed by atoms with Crippen LogP contribution < -0.4 is 26.4 Å². The second kappa shape index (κ2) is 10.1. The van der Waals surface area contributed by atoms with E-state index in [1.54, 1.807) is 18.3 Å². The van der Waals surface area contributed by atoms with Crippen molar-refractivity contribution in [3.8, 4) is 0 Å². The topological polar surface area (TPSA) is 40.2 Å². The summed E-state index contributed by atoms with van der Waals surface area (Å²) in [6.07, 6.45) is 10.9. The molecule has 3 rings (SSSR count). The molecule has 0 radical (unpaired) electrons. The maximum absolute atomic E-state index is 11.6. The van der Waals surface area contributed by atoms with Crippen LogP contribution in [0.25, 0.3) is 0 Å². The molecule has 0 saturated carbocycles. The normalized spacial score (nSPS) is 18.3. The van der Waals surface area contributed by atoms with Gasteiger partial charge in [-0.15, -0.1) is 0 Å². The van der Waals surface area contributed by atoms with E-state index in [0.717, 1.165) is 30.9 Å². The van der Waals surface area contributed by atoms with Gasteiger partial charge in [0.25, 0.3) is 0 Å². The maximum atomic E-state index is 11.6. The zero-order valence-electron chi connectivity index (χ0n) is 15.5. The van der Waals surface area contributed by atoms with Crippen LogP contribution in [0.4, 0.5) is 5.95 Å². The number of rotatable bonds is 8. The van der Waals surface area contributed by atoms with Crippen LogP contribution in [0.5, 0.6) is 0 Å². The minimum Gasteiger partial charge on any atom is -1.00 e. The second-order valence-corrected chi connectivity index (χ2v) is 7.73. The molecule has 1 aromatic carbocycles. The summed E-state index contributed by atoms with van der Waals surface area (Å²) in [6.45, 7) is 3.39. The predicted octanol–water partition coefficient (Wildman–Crippen LogP) is 1.71. The first-order valence-corrected chi connectivity index (χ1v) is 10.1. The van der Waals surface area contributed by atoms with Crippen LogP contribution in [-0.2, 0) is 12.3 Å². The average Bonchev–Trinajstić information content (AvgIpc) is 2.93. The van der Waals surface area contributed by atoms with E-state index >= 15 is 0 Å². The summed E-state index contributed by atoms with van der Waals surface area (Å²) in [6, 6.07) is 7.22. The first-order valence-electron chi connectivity index (χ1n) is 9.36. The molecule has 0 spiro atoms. The Morgan fingerprint density at radius 3 is 2.63 bits per heavy atom. The number of nitrogens with zero attached hydrogens (tertiary/aromatic N) is 3. The van der Waals surface area contributed by atoms with Crippen molar-refractivity contribution in [3.63, 3.8) is 0 Å². The number of anilines is 1. The minimum atomic E-state index is -1.17. The molecule has 1 aliphatic heterocycles. The van der Waals surface area contributed by atoms with Gasteiger partial charge >= 0.3 is 5.95 Å². The first kappa shape index (κ1) is 22.4. The molecule has 2 heterocycles. The number of fused-ring (bicyclic) bond motifs is 1. The molecule has 1 N–H and O–H groups in total. The lowest BCUT2D eigenvalue weighted by molar-refractivity contribution is -0.685. The fraction of sp³-hybridized carbons (Fsp3) is 0.500. The monoisotopic (exact) mass is 473 g/mol. The molecule has 0 amide bonds. The van der Waals surface area contributed by atoms with Crippen LogP contribution in [0, 0.1) is 0 Å². The number of hydrogen-bond donors (Lipinski definition) is 1. The molecule has 0 fully saturated rings. The lowest BCUT2D eigenvalue weighted by atomic mass is 10.0. The van der Waals surface area contributed by atoms with Crippen molar-refractivity contribution in [1.29, 1.82) is 0 Å². The Morgan fingerprint density at radius 2 is 1.89 bits per heavy atom. The minimum absolute atomic E-state index is 0.